The number of thioether (sulfide) groups is 1. The summed E-state index contributed by atoms with van der Waals surface area (Å²) in [5.74, 6) is -1.71. The summed E-state index contributed by atoms with van der Waals surface area (Å²) in [6, 6.07) is 4.86. The molecule has 0 aliphatic carbocycles. The molecule has 30 heavy (non-hydrogen) atoms. The van der Waals surface area contributed by atoms with Gasteiger partial charge in [-0.1, -0.05) is 0 Å². The SMILES string of the molecule is CC(C)(C)C(=O)OCOC(=O)C1=CCS[C@H]2C(NC(=O)c3ccc(O)cc3)C(=O)N12. The molecule has 9 nitrogen and oxygen atoms in total. The first-order chi connectivity index (χ1) is 14.1. The lowest BCUT2D eigenvalue weighted by Crippen LogP contribution is -2.70. The van der Waals surface area contributed by atoms with Crippen molar-refractivity contribution in [2.75, 3.05) is 12.5 Å². The summed E-state index contributed by atoms with van der Waals surface area (Å²) < 4.78 is 9.89. The zero-order valence-corrected chi connectivity index (χ0v) is 17.5. The second-order valence-electron chi connectivity index (χ2n) is 7.75. The van der Waals surface area contributed by atoms with E-state index in [0.717, 1.165) is 0 Å². The third-order valence-electron chi connectivity index (χ3n) is 4.46. The molecular formula is C20H22N2O7S. The number of ether oxygens (including phenoxy) is 2. The van der Waals surface area contributed by atoms with Gasteiger partial charge in [0.2, 0.25) is 6.79 Å². The van der Waals surface area contributed by atoms with E-state index in [9.17, 15) is 24.3 Å². The zero-order chi connectivity index (χ0) is 22.1. The van der Waals surface area contributed by atoms with Gasteiger partial charge in [0.1, 0.15) is 22.9 Å². The van der Waals surface area contributed by atoms with Crippen LogP contribution in [0.25, 0.3) is 0 Å². The topological polar surface area (TPSA) is 122 Å². The Morgan fingerprint density at radius 1 is 1.20 bits per heavy atom. The maximum atomic E-state index is 12.6. The van der Waals surface area contributed by atoms with Crippen LogP contribution in [0.2, 0.25) is 0 Å². The number of hydrogen-bond donors (Lipinski definition) is 2. The van der Waals surface area contributed by atoms with Crippen LogP contribution in [0, 0.1) is 5.41 Å². The predicted octanol–water partition coefficient (Wildman–Crippen LogP) is 1.38. The Bertz CT molecular complexity index is 905. The summed E-state index contributed by atoms with van der Waals surface area (Å²) in [6.45, 7) is 4.48. The van der Waals surface area contributed by atoms with Crippen LogP contribution in [0.4, 0.5) is 0 Å². The number of hydrogen-bond acceptors (Lipinski definition) is 8. The molecular weight excluding hydrogens is 412 g/mol. The van der Waals surface area contributed by atoms with Crippen LogP contribution in [0.1, 0.15) is 31.1 Å². The highest BCUT2D eigenvalue weighted by Crippen LogP contribution is 2.38. The molecule has 0 spiro atoms. The van der Waals surface area contributed by atoms with Crippen LogP contribution >= 0.6 is 11.8 Å². The average Bonchev–Trinajstić information content (AvgIpc) is 2.70. The number of benzene rings is 1. The number of fused-ring (bicyclic) bond motifs is 1. The van der Waals surface area contributed by atoms with E-state index in [-0.39, 0.29) is 11.4 Å². The molecule has 160 valence electrons. The Morgan fingerprint density at radius 2 is 1.87 bits per heavy atom. The van der Waals surface area contributed by atoms with Crippen molar-refractivity contribution in [1.82, 2.24) is 10.2 Å². The fraction of sp³-hybridized carbons (Fsp3) is 0.400. The van der Waals surface area contributed by atoms with Crippen LogP contribution in [-0.2, 0) is 23.9 Å². The lowest BCUT2D eigenvalue weighted by molar-refractivity contribution is -0.173. The van der Waals surface area contributed by atoms with E-state index in [4.69, 9.17) is 9.47 Å². The molecule has 3 rings (SSSR count). The largest absolute Gasteiger partial charge is 0.508 e. The highest BCUT2D eigenvalue weighted by Gasteiger charge is 2.53. The number of carbonyl (C=O) groups excluding carboxylic acids is 4. The van der Waals surface area contributed by atoms with Crippen molar-refractivity contribution >= 4 is 35.5 Å². The standard InChI is InChI=1S/C20H22N2O7S/c1-20(2,3)19(27)29-10-28-18(26)13-8-9-30-17-14(16(25)22(13)17)21-15(24)11-4-6-12(23)7-5-11/h4-8,14,17,23H,9-10H2,1-3H3,(H,21,24)/t14?,17-/m0/s1. The van der Waals surface area contributed by atoms with Gasteiger partial charge in [0.25, 0.3) is 11.8 Å². The molecule has 2 N–H and O–H groups in total. The van der Waals surface area contributed by atoms with E-state index < -0.39 is 47.4 Å². The number of nitrogens with zero attached hydrogens (tertiary/aromatic N) is 1. The van der Waals surface area contributed by atoms with Crippen molar-refractivity contribution in [1.29, 1.82) is 0 Å². The summed E-state index contributed by atoms with van der Waals surface area (Å²) in [5, 5.41) is 11.5. The molecule has 2 aliphatic heterocycles. The van der Waals surface area contributed by atoms with Crippen LogP contribution in [0.15, 0.2) is 36.0 Å². The third kappa shape index (κ3) is 4.43. The molecule has 2 atom stereocenters. The number of aromatic hydroxyl groups is 1. The summed E-state index contributed by atoms with van der Waals surface area (Å²) >= 11 is 1.40. The first kappa shape index (κ1) is 21.7. The van der Waals surface area contributed by atoms with Gasteiger partial charge in [-0.05, 0) is 51.1 Å². The Morgan fingerprint density at radius 3 is 2.50 bits per heavy atom. The Hall–Kier alpha value is -3.01. The lowest BCUT2D eigenvalue weighted by atomic mass is 9.98. The minimum atomic E-state index is -0.786. The van der Waals surface area contributed by atoms with E-state index in [1.165, 1.54) is 40.9 Å². The van der Waals surface area contributed by atoms with Crippen LogP contribution in [0.5, 0.6) is 5.75 Å². The zero-order valence-electron chi connectivity index (χ0n) is 16.7. The van der Waals surface area contributed by atoms with E-state index in [2.05, 4.69) is 5.32 Å². The summed E-state index contributed by atoms with van der Waals surface area (Å²) in [6.07, 6.45) is 1.56. The number of esters is 2. The monoisotopic (exact) mass is 434 g/mol. The smallest absolute Gasteiger partial charge is 0.357 e. The molecule has 2 amide bonds. The number of nitrogens with one attached hydrogen (secondary N) is 1. The first-order valence-electron chi connectivity index (χ1n) is 9.18. The molecule has 10 heteroatoms. The summed E-state index contributed by atoms with van der Waals surface area (Å²) in [7, 11) is 0. The number of phenolic OH excluding ortho intramolecular Hbond substituents is 1. The summed E-state index contributed by atoms with van der Waals surface area (Å²) in [4.78, 5) is 50.3. The second kappa shape index (κ2) is 8.39. The molecule has 1 unspecified atom stereocenters. The predicted molar refractivity (Wildman–Crippen MR) is 107 cm³/mol. The van der Waals surface area contributed by atoms with Gasteiger partial charge in [-0.3, -0.25) is 19.3 Å². The number of β-lactam (4-membered cyclic amide) rings is 1. The van der Waals surface area contributed by atoms with Gasteiger partial charge in [-0.15, -0.1) is 11.8 Å². The van der Waals surface area contributed by atoms with Crippen molar-refractivity contribution in [2.45, 2.75) is 32.2 Å². The first-order valence-corrected chi connectivity index (χ1v) is 10.2. The van der Waals surface area contributed by atoms with Gasteiger partial charge < -0.3 is 19.9 Å². The fourth-order valence-corrected chi connectivity index (χ4v) is 3.99. The molecule has 0 bridgehead atoms. The normalized spacial score (nSPS) is 20.4. The van der Waals surface area contributed by atoms with E-state index in [1.807, 2.05) is 0 Å². The summed E-state index contributed by atoms with van der Waals surface area (Å²) in [5.41, 5.74) is -0.365. The van der Waals surface area contributed by atoms with Gasteiger partial charge in [-0.25, -0.2) is 4.79 Å². The van der Waals surface area contributed by atoms with E-state index >= 15 is 0 Å². The van der Waals surface area contributed by atoms with E-state index in [1.54, 1.807) is 26.8 Å². The van der Waals surface area contributed by atoms with Crippen molar-refractivity contribution in [2.24, 2.45) is 5.41 Å². The number of phenols is 1. The molecule has 0 saturated carbocycles. The van der Waals surface area contributed by atoms with E-state index in [0.29, 0.717) is 11.3 Å². The Labute approximate surface area is 177 Å². The average molecular weight is 434 g/mol. The molecule has 1 aromatic rings. The molecule has 0 radical (unpaired) electrons. The number of carbonyl (C=O) groups is 4. The van der Waals surface area contributed by atoms with Crippen molar-refractivity contribution in [3.05, 3.63) is 41.6 Å². The quantitative estimate of drug-likeness (QED) is 0.405. The number of amides is 2. The highest BCUT2D eigenvalue weighted by molar-refractivity contribution is 8.00. The second-order valence-corrected chi connectivity index (χ2v) is 8.90. The van der Waals surface area contributed by atoms with Crippen LogP contribution < -0.4 is 5.32 Å². The molecule has 1 fully saturated rings. The van der Waals surface area contributed by atoms with Gasteiger partial charge in [0.15, 0.2) is 0 Å². The van der Waals surface area contributed by atoms with Crippen LogP contribution in [-0.4, -0.2) is 57.7 Å². The minimum absolute atomic E-state index is 0.0294. The van der Waals surface area contributed by atoms with Crippen molar-refractivity contribution in [3.8, 4) is 5.75 Å². The molecule has 1 saturated heterocycles. The highest BCUT2D eigenvalue weighted by atomic mass is 32.2. The molecule has 2 aliphatic rings. The minimum Gasteiger partial charge on any atom is -0.508 e. The van der Waals surface area contributed by atoms with Gasteiger partial charge in [-0.2, -0.15) is 0 Å². The maximum Gasteiger partial charge on any atom is 0.357 e. The van der Waals surface area contributed by atoms with Crippen LogP contribution in [0.3, 0.4) is 0 Å². The van der Waals surface area contributed by atoms with Crippen molar-refractivity contribution < 1.29 is 33.8 Å². The maximum absolute atomic E-state index is 12.6. The van der Waals surface area contributed by atoms with Gasteiger partial charge in [0.05, 0.1) is 5.41 Å². The molecule has 2 heterocycles. The van der Waals surface area contributed by atoms with Gasteiger partial charge >= 0.3 is 11.9 Å². The van der Waals surface area contributed by atoms with Gasteiger partial charge in [0, 0.05) is 11.3 Å². The Kier molecular flexibility index (Phi) is 6.06. The fourth-order valence-electron chi connectivity index (χ4n) is 2.79. The van der Waals surface area contributed by atoms with Crippen molar-refractivity contribution in [3.63, 3.8) is 0 Å². The third-order valence-corrected chi connectivity index (χ3v) is 5.65. The lowest BCUT2D eigenvalue weighted by Gasteiger charge is -2.48. The number of rotatable bonds is 5. The molecule has 1 aromatic carbocycles. The molecule has 0 aromatic heterocycles. The Balaban J connectivity index is 1.57.